The number of carbonyl (C=O) groups excluding carboxylic acids is 1. The highest BCUT2D eigenvalue weighted by Gasteiger charge is 2.25. The van der Waals surface area contributed by atoms with Crippen LogP contribution < -0.4 is 10.1 Å². The molecule has 0 saturated heterocycles. The second-order valence-corrected chi connectivity index (χ2v) is 9.61. The molecule has 1 atom stereocenters. The Labute approximate surface area is 203 Å². The minimum atomic E-state index is -3.76. The van der Waals surface area contributed by atoms with E-state index in [9.17, 15) is 23.1 Å². The Morgan fingerprint density at radius 1 is 0.971 bits per heavy atom. The summed E-state index contributed by atoms with van der Waals surface area (Å²) in [5.74, 6) is -1.26. The number of azo groups is 1. The maximum atomic E-state index is 13.0. The molecule has 0 radical (unpaired) electrons. The van der Waals surface area contributed by atoms with Gasteiger partial charge < -0.3 is 15.2 Å². The van der Waals surface area contributed by atoms with E-state index in [1.807, 2.05) is 0 Å². The summed E-state index contributed by atoms with van der Waals surface area (Å²) in [6.45, 7) is 2.16. The monoisotopic (exact) mass is 495 g/mol. The number of nitrogens with one attached hydrogen (secondary N) is 1. The van der Waals surface area contributed by atoms with Crippen LogP contribution in [0.15, 0.2) is 94.0 Å². The van der Waals surface area contributed by atoms with Crippen molar-refractivity contribution in [1.29, 1.82) is 0 Å². The molecule has 0 aliphatic rings. The van der Waals surface area contributed by atoms with Crippen molar-refractivity contribution in [3.8, 4) is 11.5 Å². The largest absolute Gasteiger partial charge is 0.481 e. The molecule has 0 aromatic heterocycles. The van der Waals surface area contributed by atoms with Crippen molar-refractivity contribution in [2.45, 2.75) is 24.2 Å². The molecule has 0 saturated carbocycles. The third kappa shape index (κ3) is 7.75. The molecule has 3 aromatic carbocycles. The van der Waals surface area contributed by atoms with Gasteiger partial charge in [-0.05, 0) is 48.9 Å². The molecule has 2 N–H and O–H groups in total. The zero-order valence-corrected chi connectivity index (χ0v) is 19.8. The normalized spacial score (nSPS) is 12.3. The minimum Gasteiger partial charge on any atom is -0.481 e. The molecule has 0 aliphatic carbocycles. The predicted octanol–water partition coefficient (Wildman–Crippen LogP) is 5.52. The van der Waals surface area contributed by atoms with Gasteiger partial charge in [0.1, 0.15) is 11.5 Å². The maximum absolute atomic E-state index is 13.0. The number of nitrogens with zero attached hydrogens (tertiary/aromatic N) is 2. The number of ether oxygens (including phenoxy) is 1. The zero-order valence-electron chi connectivity index (χ0n) is 19.0. The van der Waals surface area contributed by atoms with Crippen molar-refractivity contribution in [1.82, 2.24) is 0 Å². The molecule has 9 nitrogen and oxygen atoms in total. The minimum absolute atomic E-state index is 0.0680. The SMILES string of the molecule is CCN=NC(=O)Nc1cccc(Oc2ccc(S(=O)(=O)CC(CC(=O)O)c3ccccc3)cc2)c1. The average molecular weight is 496 g/mol. The molecule has 0 fully saturated rings. The van der Waals surface area contributed by atoms with E-state index in [4.69, 9.17) is 4.74 Å². The Morgan fingerprint density at radius 3 is 2.34 bits per heavy atom. The average Bonchev–Trinajstić information content (AvgIpc) is 2.83. The molecule has 0 bridgehead atoms. The van der Waals surface area contributed by atoms with E-state index in [0.717, 1.165) is 0 Å². The summed E-state index contributed by atoms with van der Waals surface area (Å²) < 4.78 is 31.8. The zero-order chi connectivity index (χ0) is 25.3. The summed E-state index contributed by atoms with van der Waals surface area (Å²) >= 11 is 0. The van der Waals surface area contributed by atoms with Crippen molar-refractivity contribution in [3.05, 3.63) is 84.4 Å². The van der Waals surface area contributed by atoms with E-state index >= 15 is 0 Å². The first kappa shape index (κ1) is 25.6. The smallest absolute Gasteiger partial charge is 0.363 e. The fourth-order valence-electron chi connectivity index (χ4n) is 3.34. The summed E-state index contributed by atoms with van der Waals surface area (Å²) in [5, 5.41) is 19.0. The fraction of sp³-hybridized carbons (Fsp3) is 0.200. The highest BCUT2D eigenvalue weighted by atomic mass is 32.2. The van der Waals surface area contributed by atoms with Gasteiger partial charge in [0, 0.05) is 17.7 Å². The van der Waals surface area contributed by atoms with Gasteiger partial charge in [-0.3, -0.25) is 4.79 Å². The topological polar surface area (TPSA) is 134 Å². The van der Waals surface area contributed by atoms with Gasteiger partial charge in [0.25, 0.3) is 0 Å². The van der Waals surface area contributed by atoms with Gasteiger partial charge in [-0.25, -0.2) is 13.2 Å². The Bertz CT molecular complexity index is 1290. The molecule has 0 aliphatic heterocycles. The first-order valence-electron chi connectivity index (χ1n) is 10.8. The van der Waals surface area contributed by atoms with Gasteiger partial charge in [-0.1, -0.05) is 41.5 Å². The molecule has 35 heavy (non-hydrogen) atoms. The number of rotatable bonds is 10. The van der Waals surface area contributed by atoms with Crippen LogP contribution in [0.4, 0.5) is 10.5 Å². The number of sulfone groups is 1. The lowest BCUT2D eigenvalue weighted by molar-refractivity contribution is -0.137. The number of urea groups is 1. The Kier molecular flexibility index (Phi) is 8.69. The van der Waals surface area contributed by atoms with Gasteiger partial charge in [-0.15, -0.1) is 0 Å². The van der Waals surface area contributed by atoms with Crippen LogP contribution in [0.3, 0.4) is 0 Å². The number of hydrogen-bond acceptors (Lipinski definition) is 6. The highest BCUT2D eigenvalue weighted by molar-refractivity contribution is 7.91. The summed E-state index contributed by atoms with van der Waals surface area (Å²) in [6.07, 6.45) is -0.295. The lowest BCUT2D eigenvalue weighted by Crippen LogP contribution is -2.18. The summed E-state index contributed by atoms with van der Waals surface area (Å²) in [6, 6.07) is 20.6. The number of benzene rings is 3. The number of amides is 2. The summed E-state index contributed by atoms with van der Waals surface area (Å²) in [5.41, 5.74) is 1.12. The number of aliphatic carboxylic acids is 1. The van der Waals surface area contributed by atoms with E-state index in [0.29, 0.717) is 29.3 Å². The molecular formula is C25H25N3O6S. The molecule has 182 valence electrons. The third-order valence-electron chi connectivity index (χ3n) is 4.92. The van der Waals surface area contributed by atoms with Crippen molar-refractivity contribution in [2.75, 3.05) is 17.6 Å². The second kappa shape index (κ2) is 11.9. The molecule has 0 spiro atoms. The molecule has 2 amide bonds. The maximum Gasteiger partial charge on any atom is 0.363 e. The Balaban J connectivity index is 1.71. The molecule has 1 unspecified atom stereocenters. The van der Waals surface area contributed by atoms with E-state index in [1.165, 1.54) is 24.3 Å². The van der Waals surface area contributed by atoms with E-state index in [2.05, 4.69) is 15.5 Å². The summed E-state index contributed by atoms with van der Waals surface area (Å²) in [7, 11) is -3.76. The van der Waals surface area contributed by atoms with Crippen molar-refractivity contribution in [3.63, 3.8) is 0 Å². The number of carboxylic acids is 1. The first-order chi connectivity index (χ1) is 16.8. The molecule has 0 heterocycles. The van der Waals surface area contributed by atoms with Crippen LogP contribution in [0, 0.1) is 0 Å². The van der Waals surface area contributed by atoms with E-state index in [-0.39, 0.29) is 17.1 Å². The van der Waals surface area contributed by atoms with Crippen molar-refractivity contribution in [2.24, 2.45) is 10.2 Å². The molecule has 3 aromatic rings. The Morgan fingerprint density at radius 2 is 1.69 bits per heavy atom. The highest BCUT2D eigenvalue weighted by Crippen LogP contribution is 2.28. The number of hydrogen-bond donors (Lipinski definition) is 2. The number of carbonyl (C=O) groups is 2. The van der Waals surface area contributed by atoms with Gasteiger partial charge in [0.2, 0.25) is 0 Å². The van der Waals surface area contributed by atoms with Crippen LogP contribution >= 0.6 is 0 Å². The van der Waals surface area contributed by atoms with Crippen LogP contribution in [-0.2, 0) is 14.6 Å². The lowest BCUT2D eigenvalue weighted by atomic mass is 9.98. The molecule has 10 heteroatoms. The predicted molar refractivity (Wildman–Crippen MR) is 131 cm³/mol. The van der Waals surface area contributed by atoms with Crippen LogP contribution in [-0.4, -0.2) is 37.8 Å². The van der Waals surface area contributed by atoms with Crippen LogP contribution in [0.5, 0.6) is 11.5 Å². The Hall–Kier alpha value is -4.05. The van der Waals surface area contributed by atoms with Crippen LogP contribution in [0.1, 0.15) is 24.8 Å². The standard InChI is InChI=1S/C25H25N3O6S/c1-2-26-28-25(31)27-20-9-6-10-22(16-20)34-21-11-13-23(14-12-21)35(32,33)17-19(15-24(29)30)18-7-4-3-5-8-18/h3-14,16,19H,2,15,17H2,1H3,(H,27,31)(H,29,30). The van der Waals surface area contributed by atoms with Gasteiger partial charge >= 0.3 is 12.0 Å². The third-order valence-corrected chi connectivity index (χ3v) is 6.75. The van der Waals surface area contributed by atoms with E-state index < -0.39 is 27.8 Å². The van der Waals surface area contributed by atoms with Crippen LogP contribution in [0.2, 0.25) is 0 Å². The van der Waals surface area contributed by atoms with Crippen molar-refractivity contribution >= 4 is 27.5 Å². The van der Waals surface area contributed by atoms with Crippen molar-refractivity contribution < 1.29 is 27.9 Å². The van der Waals surface area contributed by atoms with Gasteiger partial charge in [-0.2, -0.15) is 5.11 Å². The van der Waals surface area contributed by atoms with E-state index in [1.54, 1.807) is 61.5 Å². The lowest BCUT2D eigenvalue weighted by Gasteiger charge is -2.16. The number of anilines is 1. The van der Waals surface area contributed by atoms with Gasteiger partial charge in [0.15, 0.2) is 9.84 Å². The molecule has 3 rings (SSSR count). The number of carboxylic acid groups (broad SMARTS) is 1. The fourth-order valence-corrected chi connectivity index (χ4v) is 4.93. The quantitative estimate of drug-likeness (QED) is 0.356. The second-order valence-electron chi connectivity index (χ2n) is 7.58. The first-order valence-corrected chi connectivity index (χ1v) is 12.5. The van der Waals surface area contributed by atoms with Crippen LogP contribution in [0.25, 0.3) is 0 Å². The molecular weight excluding hydrogens is 470 g/mol. The summed E-state index contributed by atoms with van der Waals surface area (Å²) in [4.78, 5) is 23.1. The van der Waals surface area contributed by atoms with Gasteiger partial charge in [0.05, 0.1) is 23.6 Å².